The van der Waals surface area contributed by atoms with E-state index >= 15 is 0 Å². The van der Waals surface area contributed by atoms with E-state index in [9.17, 15) is 13.6 Å². The monoisotopic (exact) mass is 468 g/mol. The van der Waals surface area contributed by atoms with E-state index in [2.05, 4.69) is 23.5 Å². The fourth-order valence-corrected chi connectivity index (χ4v) is 3.86. The molecule has 3 rings (SSSR count). The second-order valence-corrected chi connectivity index (χ2v) is 8.26. The van der Waals surface area contributed by atoms with Gasteiger partial charge in [-0.1, -0.05) is 26.7 Å². The summed E-state index contributed by atoms with van der Waals surface area (Å²) in [6.45, 7) is 5.72. The van der Waals surface area contributed by atoms with Gasteiger partial charge in [-0.2, -0.15) is 4.39 Å². The highest BCUT2D eigenvalue weighted by Crippen LogP contribution is 2.42. The Morgan fingerprint density at radius 3 is 2.55 bits per heavy atom. The summed E-state index contributed by atoms with van der Waals surface area (Å²) in [6, 6.07) is 9.86. The number of anilines is 2. The number of benzene rings is 2. The van der Waals surface area contributed by atoms with Crippen LogP contribution in [0, 0.1) is 5.82 Å². The van der Waals surface area contributed by atoms with E-state index < -0.39 is 11.8 Å². The van der Waals surface area contributed by atoms with E-state index in [1.54, 1.807) is 18.2 Å². The van der Waals surface area contributed by atoms with Crippen LogP contribution in [0.1, 0.15) is 26.7 Å². The Morgan fingerprint density at radius 1 is 1.29 bits per heavy atom. The lowest BCUT2D eigenvalue weighted by molar-refractivity contribution is -0.134. The molecule has 0 spiro atoms. The number of hydrogen-bond acceptors (Lipinski definition) is 6. The molecule has 0 aliphatic carbocycles. The van der Waals surface area contributed by atoms with Crippen molar-refractivity contribution >= 4 is 41.1 Å². The molecule has 0 unspecified atom stereocenters. The van der Waals surface area contributed by atoms with Gasteiger partial charge in [0.2, 0.25) is 5.83 Å². The van der Waals surface area contributed by atoms with Gasteiger partial charge >= 0.3 is 5.97 Å². The molecule has 1 aliphatic heterocycles. The van der Waals surface area contributed by atoms with E-state index in [-0.39, 0.29) is 5.82 Å². The molecule has 0 aromatic heterocycles. The van der Waals surface area contributed by atoms with Gasteiger partial charge in [0.1, 0.15) is 17.8 Å². The average Bonchev–Trinajstić information content (AvgIpc) is 2.99. The number of unbranched alkanes of at least 4 members (excludes halogenated alkanes) is 1. The van der Waals surface area contributed by atoms with Gasteiger partial charge in [-0.25, -0.2) is 9.18 Å². The van der Waals surface area contributed by atoms with Crippen LogP contribution in [0.4, 0.5) is 20.2 Å². The number of fused-ring (bicyclic) bond motifs is 1. The summed E-state index contributed by atoms with van der Waals surface area (Å²) in [4.78, 5) is 14.2. The lowest BCUT2D eigenvalue weighted by Gasteiger charge is -2.25. The molecule has 2 aromatic rings. The highest BCUT2D eigenvalue weighted by molar-refractivity contribution is 7.98. The maximum absolute atomic E-state index is 13.3. The first-order chi connectivity index (χ1) is 14.9. The molecule has 5 nitrogen and oxygen atoms in total. The second kappa shape index (κ2) is 12.6. The zero-order valence-electron chi connectivity index (χ0n) is 17.7. The van der Waals surface area contributed by atoms with Crippen LogP contribution in [-0.4, -0.2) is 30.4 Å². The van der Waals surface area contributed by atoms with Gasteiger partial charge in [-0.15, -0.1) is 11.8 Å². The topological polar surface area (TPSA) is 61.8 Å². The molecule has 0 bridgehead atoms. The third-order valence-corrected chi connectivity index (χ3v) is 5.94. The molecule has 9 heteroatoms. The predicted octanol–water partition coefficient (Wildman–Crippen LogP) is 6.38. The quantitative estimate of drug-likeness (QED) is 0.221. The molecule has 2 N–H and O–H groups in total. The van der Waals surface area contributed by atoms with E-state index in [0.717, 1.165) is 21.2 Å². The average molecular weight is 469 g/mol. The molecular formula is C22H26F2N2O3S2. The van der Waals surface area contributed by atoms with Crippen molar-refractivity contribution in [3.8, 4) is 5.75 Å². The van der Waals surface area contributed by atoms with Crippen LogP contribution in [0.15, 0.2) is 58.3 Å². The number of carbonyl (C=O) groups is 1. The fraction of sp³-hybridized carbons (Fsp3) is 0.318. The minimum Gasteiger partial charge on any atom is -0.476 e. The molecule has 0 fully saturated rings. The number of carboxylic acids is 1. The number of aliphatic carboxylic acids is 1. The van der Waals surface area contributed by atoms with Crippen LogP contribution in [0.25, 0.3) is 0 Å². The molecule has 31 heavy (non-hydrogen) atoms. The number of nitrogens with zero attached hydrogens (tertiary/aromatic N) is 1. The van der Waals surface area contributed by atoms with Crippen LogP contribution in [0.2, 0.25) is 0 Å². The first-order valence-electron chi connectivity index (χ1n) is 9.81. The van der Waals surface area contributed by atoms with Gasteiger partial charge < -0.3 is 14.7 Å². The molecule has 168 valence electrons. The SMILES string of the molecule is CCCC.CSc1cc2c(cc1O/C=C(\F)C(=O)O)SNCCN2c1ccc(F)cc1. The van der Waals surface area contributed by atoms with Crippen LogP contribution in [0.3, 0.4) is 0 Å². The number of carboxylic acid groups (broad SMARTS) is 1. The number of thioether (sulfide) groups is 1. The number of halogens is 2. The maximum atomic E-state index is 13.3. The number of rotatable bonds is 6. The Bertz CT molecular complexity index is 906. The Hall–Kier alpha value is -2.23. The Balaban J connectivity index is 0.000000785. The third-order valence-electron chi connectivity index (χ3n) is 4.29. The van der Waals surface area contributed by atoms with Gasteiger partial charge in [0.15, 0.2) is 0 Å². The van der Waals surface area contributed by atoms with Crippen molar-refractivity contribution < 1.29 is 23.4 Å². The highest BCUT2D eigenvalue weighted by atomic mass is 32.2. The van der Waals surface area contributed by atoms with Crippen LogP contribution >= 0.6 is 23.7 Å². The molecule has 2 aromatic carbocycles. The van der Waals surface area contributed by atoms with Crippen LogP contribution in [-0.2, 0) is 4.79 Å². The molecular weight excluding hydrogens is 442 g/mol. The molecule has 0 saturated carbocycles. The Labute approximate surface area is 190 Å². The van der Waals surface area contributed by atoms with Crippen molar-refractivity contribution in [2.45, 2.75) is 36.5 Å². The minimum absolute atomic E-state index is 0.304. The van der Waals surface area contributed by atoms with Crippen molar-refractivity contribution in [1.82, 2.24) is 4.72 Å². The highest BCUT2D eigenvalue weighted by Gasteiger charge is 2.21. The zero-order valence-corrected chi connectivity index (χ0v) is 19.3. The molecule has 0 amide bonds. The van der Waals surface area contributed by atoms with Gasteiger partial charge in [0.25, 0.3) is 0 Å². The van der Waals surface area contributed by atoms with Crippen molar-refractivity contribution in [1.29, 1.82) is 0 Å². The summed E-state index contributed by atoms with van der Waals surface area (Å²) in [5.74, 6) is -3.01. The van der Waals surface area contributed by atoms with E-state index in [4.69, 9.17) is 9.84 Å². The summed E-state index contributed by atoms with van der Waals surface area (Å²) in [5, 5.41) is 8.62. The van der Waals surface area contributed by atoms with Crippen molar-refractivity contribution in [3.05, 3.63) is 54.3 Å². The Morgan fingerprint density at radius 2 is 1.97 bits per heavy atom. The fourth-order valence-electron chi connectivity index (χ4n) is 2.54. The smallest absolute Gasteiger partial charge is 0.368 e. The van der Waals surface area contributed by atoms with Crippen LogP contribution in [0.5, 0.6) is 5.75 Å². The minimum atomic E-state index is -1.69. The summed E-state index contributed by atoms with van der Waals surface area (Å²) < 4.78 is 35.0. The van der Waals surface area contributed by atoms with Gasteiger partial charge in [0, 0.05) is 18.8 Å². The summed E-state index contributed by atoms with van der Waals surface area (Å²) >= 11 is 2.79. The van der Waals surface area contributed by atoms with Crippen molar-refractivity contribution in [2.24, 2.45) is 0 Å². The van der Waals surface area contributed by atoms with Crippen molar-refractivity contribution in [3.63, 3.8) is 0 Å². The zero-order chi connectivity index (χ0) is 22.8. The van der Waals surface area contributed by atoms with Crippen molar-refractivity contribution in [2.75, 3.05) is 24.2 Å². The number of nitrogens with one attached hydrogen (secondary N) is 1. The number of ether oxygens (including phenoxy) is 1. The lowest BCUT2D eigenvalue weighted by Crippen LogP contribution is -2.23. The van der Waals surface area contributed by atoms with Crippen LogP contribution < -0.4 is 14.4 Å². The van der Waals surface area contributed by atoms with E-state index in [1.165, 1.54) is 48.7 Å². The summed E-state index contributed by atoms with van der Waals surface area (Å²) in [5.41, 5.74) is 1.75. The summed E-state index contributed by atoms with van der Waals surface area (Å²) in [6.07, 6.45) is 5.06. The normalized spacial score (nSPS) is 13.6. The first-order valence-corrected chi connectivity index (χ1v) is 11.9. The lowest BCUT2D eigenvalue weighted by atomic mass is 10.2. The van der Waals surface area contributed by atoms with Gasteiger partial charge in [-0.05, 0) is 54.6 Å². The molecule has 1 aliphatic rings. The van der Waals surface area contributed by atoms with Gasteiger partial charge in [0.05, 0.1) is 15.5 Å². The van der Waals surface area contributed by atoms with E-state index in [0.29, 0.717) is 25.1 Å². The third kappa shape index (κ3) is 7.15. The molecule has 0 atom stereocenters. The largest absolute Gasteiger partial charge is 0.476 e. The first kappa shape index (κ1) is 25.0. The second-order valence-electron chi connectivity index (χ2n) is 6.48. The number of hydrogen-bond donors (Lipinski definition) is 2. The molecule has 0 radical (unpaired) electrons. The standard InChI is InChI=1S/C18H16F2N2O3S2.C4H10/c1-26-17-8-14-16(9-15(17)25-10-13(20)18(23)24)27-21-6-7-22(14)12-4-2-11(19)3-5-12;1-3-4-2/h2-5,8-10,21H,6-7H2,1H3,(H,23,24);3-4H2,1-2H3/b13-10-;. The summed E-state index contributed by atoms with van der Waals surface area (Å²) in [7, 11) is 0. The Kier molecular flexibility index (Phi) is 10.2. The molecule has 1 heterocycles. The predicted molar refractivity (Wildman–Crippen MR) is 124 cm³/mol. The van der Waals surface area contributed by atoms with Gasteiger partial charge in [-0.3, -0.25) is 4.72 Å². The van der Waals surface area contributed by atoms with E-state index in [1.807, 2.05) is 12.3 Å². The molecule has 0 saturated heterocycles. The maximum Gasteiger partial charge on any atom is 0.368 e.